The van der Waals surface area contributed by atoms with Crippen LogP contribution in [0.3, 0.4) is 0 Å². The van der Waals surface area contributed by atoms with E-state index in [-0.39, 0.29) is 12.1 Å². The molecule has 38 heavy (non-hydrogen) atoms. The third kappa shape index (κ3) is 3.98. The van der Waals surface area contributed by atoms with Gasteiger partial charge in [-0.2, -0.15) is 5.10 Å². The van der Waals surface area contributed by atoms with Crippen molar-refractivity contribution in [3.8, 4) is 11.5 Å². The van der Waals surface area contributed by atoms with Gasteiger partial charge in [0, 0.05) is 17.4 Å². The van der Waals surface area contributed by atoms with Gasteiger partial charge >= 0.3 is 6.03 Å². The number of anilines is 1. The van der Waals surface area contributed by atoms with E-state index >= 15 is 0 Å². The molecule has 0 saturated carbocycles. The predicted octanol–water partition coefficient (Wildman–Crippen LogP) is 7.03. The van der Waals surface area contributed by atoms with Crippen molar-refractivity contribution < 1.29 is 4.79 Å². The van der Waals surface area contributed by atoms with E-state index in [0.717, 1.165) is 56.4 Å². The van der Waals surface area contributed by atoms with E-state index in [9.17, 15) is 4.79 Å². The van der Waals surface area contributed by atoms with Gasteiger partial charge in [0.05, 0.1) is 29.7 Å². The maximum absolute atomic E-state index is 14.2. The average molecular weight is 502 g/mol. The molecule has 1 N–H and O–H groups in total. The number of urea groups is 1. The summed E-state index contributed by atoms with van der Waals surface area (Å²) >= 11 is 0. The second kappa shape index (κ2) is 9.38. The van der Waals surface area contributed by atoms with Crippen molar-refractivity contribution in [3.63, 3.8) is 0 Å². The predicted molar refractivity (Wildman–Crippen MR) is 151 cm³/mol. The second-order valence-electron chi connectivity index (χ2n) is 10.1. The van der Waals surface area contributed by atoms with E-state index in [4.69, 9.17) is 5.10 Å². The number of rotatable bonds is 3. The van der Waals surface area contributed by atoms with Gasteiger partial charge in [0.25, 0.3) is 0 Å². The van der Waals surface area contributed by atoms with Crippen molar-refractivity contribution in [1.82, 2.24) is 19.2 Å². The third-order valence-electron chi connectivity index (χ3n) is 7.55. The first-order chi connectivity index (χ1) is 18.4. The highest BCUT2D eigenvalue weighted by Gasteiger charge is 2.36. The van der Waals surface area contributed by atoms with Crippen LogP contribution in [0.25, 0.3) is 11.5 Å². The minimum Gasteiger partial charge on any atom is -0.308 e. The number of aromatic nitrogens is 3. The molecule has 0 bridgehead atoms. The van der Waals surface area contributed by atoms with E-state index < -0.39 is 0 Å². The zero-order chi connectivity index (χ0) is 26.4. The highest BCUT2D eigenvalue weighted by Crippen LogP contribution is 2.39. The van der Waals surface area contributed by atoms with Crippen LogP contribution in [0, 0.1) is 27.7 Å². The van der Waals surface area contributed by atoms with Gasteiger partial charge in [0.2, 0.25) is 0 Å². The third-order valence-corrected chi connectivity index (χ3v) is 7.55. The van der Waals surface area contributed by atoms with Crippen molar-refractivity contribution in [2.75, 3.05) is 5.32 Å². The van der Waals surface area contributed by atoms with Crippen LogP contribution in [0.1, 0.15) is 45.2 Å². The van der Waals surface area contributed by atoms with Crippen LogP contribution in [0.4, 0.5) is 10.5 Å². The van der Waals surface area contributed by atoms with Gasteiger partial charge in [-0.15, -0.1) is 0 Å². The number of carbonyl (C=O) groups is 1. The number of nitrogens with one attached hydrogen (secondary N) is 1. The van der Waals surface area contributed by atoms with Crippen molar-refractivity contribution in [1.29, 1.82) is 0 Å². The molecule has 0 aliphatic carbocycles. The topological polar surface area (TPSA) is 55.1 Å². The van der Waals surface area contributed by atoms with Gasteiger partial charge in [0.1, 0.15) is 5.82 Å². The first-order valence-electron chi connectivity index (χ1n) is 12.9. The zero-order valence-corrected chi connectivity index (χ0v) is 22.1. The normalized spacial score (nSPS) is 14.5. The average Bonchev–Trinajstić information content (AvgIpc) is 3.47. The summed E-state index contributed by atoms with van der Waals surface area (Å²) in [4.78, 5) is 16.1. The minimum absolute atomic E-state index is 0.141. The summed E-state index contributed by atoms with van der Waals surface area (Å²) in [7, 11) is 0. The molecule has 5 aromatic rings. The Balaban J connectivity index is 1.54. The molecule has 6 rings (SSSR count). The number of carbonyl (C=O) groups excluding carboxylic acids is 1. The van der Waals surface area contributed by atoms with Crippen molar-refractivity contribution >= 4 is 11.7 Å². The summed E-state index contributed by atoms with van der Waals surface area (Å²) in [5.41, 5.74) is 9.20. The molecule has 6 heteroatoms. The Bertz CT molecular complexity index is 1650. The van der Waals surface area contributed by atoms with Crippen LogP contribution in [0.2, 0.25) is 0 Å². The number of para-hydroxylation sites is 1. The number of hydrogen-bond donors (Lipinski definition) is 1. The van der Waals surface area contributed by atoms with Crippen molar-refractivity contribution in [2.24, 2.45) is 0 Å². The van der Waals surface area contributed by atoms with E-state index in [1.165, 1.54) is 0 Å². The summed E-state index contributed by atoms with van der Waals surface area (Å²) in [6.45, 7) is 8.64. The van der Waals surface area contributed by atoms with Crippen LogP contribution in [-0.4, -0.2) is 25.3 Å². The lowest BCUT2D eigenvalue weighted by molar-refractivity contribution is 0.194. The Morgan fingerprint density at radius 1 is 0.895 bits per heavy atom. The summed E-state index contributed by atoms with van der Waals surface area (Å²) in [5.74, 6) is 0.966. The zero-order valence-electron chi connectivity index (χ0n) is 22.1. The quantitative estimate of drug-likeness (QED) is 0.288. The van der Waals surface area contributed by atoms with Crippen LogP contribution < -0.4 is 5.32 Å². The largest absolute Gasteiger partial charge is 0.322 e. The monoisotopic (exact) mass is 501 g/mol. The lowest BCUT2D eigenvalue weighted by Crippen LogP contribution is -2.38. The summed E-state index contributed by atoms with van der Waals surface area (Å²) in [5, 5.41) is 8.16. The lowest BCUT2D eigenvalue weighted by atomic mass is 10.00. The molecule has 3 aromatic carbocycles. The van der Waals surface area contributed by atoms with Gasteiger partial charge in [-0.25, -0.2) is 9.48 Å². The Morgan fingerprint density at radius 3 is 2.47 bits per heavy atom. The van der Waals surface area contributed by atoms with E-state index in [1.54, 1.807) is 0 Å². The molecule has 1 atom stereocenters. The molecule has 0 unspecified atom stereocenters. The fraction of sp³-hybridized carbons (Fsp3) is 0.188. The Kier molecular flexibility index (Phi) is 5.87. The molecular formula is C32H31N5O. The highest BCUT2D eigenvalue weighted by atomic mass is 16.2. The molecule has 1 aliphatic rings. The number of aryl methyl sites for hydroxylation is 3. The van der Waals surface area contributed by atoms with Gasteiger partial charge in [-0.3, -0.25) is 0 Å². The van der Waals surface area contributed by atoms with Crippen molar-refractivity contribution in [2.45, 2.75) is 40.3 Å². The molecule has 0 spiro atoms. The molecule has 1 aliphatic heterocycles. The van der Waals surface area contributed by atoms with Crippen LogP contribution in [-0.2, 0) is 6.54 Å². The van der Waals surface area contributed by atoms with Crippen molar-refractivity contribution in [3.05, 3.63) is 130 Å². The van der Waals surface area contributed by atoms with Crippen LogP contribution >= 0.6 is 0 Å². The number of nitrogens with zero attached hydrogens (tertiary/aromatic N) is 4. The summed E-state index contributed by atoms with van der Waals surface area (Å²) < 4.78 is 4.19. The second-order valence-corrected chi connectivity index (χ2v) is 10.1. The molecule has 2 amide bonds. The Hall–Kier alpha value is -4.58. The van der Waals surface area contributed by atoms with Gasteiger partial charge in [-0.1, -0.05) is 60.2 Å². The molecule has 2 aromatic heterocycles. The maximum Gasteiger partial charge on any atom is 0.322 e. The number of amides is 2. The summed E-state index contributed by atoms with van der Waals surface area (Å²) in [6.07, 6.45) is 2.07. The standard InChI is InChI=1S/C32H31N5O/c1-21-11-8-13-25(19-21)30-29-17-10-18-35(29)31-27(24(4)34-37(31)26-14-6-5-7-15-26)20-36(30)32(38)33-28-16-9-12-22(2)23(28)3/h5-19,30H,20H2,1-4H3,(H,33,38)/t30-/m0/s1. The van der Waals surface area contributed by atoms with Crippen LogP contribution in [0.15, 0.2) is 91.1 Å². The van der Waals surface area contributed by atoms with E-state index in [0.29, 0.717) is 6.54 Å². The maximum atomic E-state index is 14.2. The summed E-state index contributed by atoms with van der Waals surface area (Å²) in [6, 6.07) is 28.3. The van der Waals surface area contributed by atoms with E-state index in [2.05, 4.69) is 78.5 Å². The smallest absolute Gasteiger partial charge is 0.308 e. The molecule has 6 nitrogen and oxygen atoms in total. The Morgan fingerprint density at radius 2 is 1.68 bits per heavy atom. The minimum atomic E-state index is -0.286. The number of benzene rings is 3. The number of fused-ring (bicyclic) bond motifs is 3. The highest BCUT2D eigenvalue weighted by molar-refractivity contribution is 5.91. The SMILES string of the molecule is Cc1cccc([C@H]2c3cccn3-c3c(c(C)nn3-c3ccccc3)CN2C(=O)Nc2cccc(C)c2C)c1. The van der Waals surface area contributed by atoms with Gasteiger partial charge in [-0.05, 0) is 74.7 Å². The van der Waals surface area contributed by atoms with Gasteiger partial charge in [0.15, 0.2) is 0 Å². The fourth-order valence-corrected chi connectivity index (χ4v) is 5.41. The molecule has 0 radical (unpaired) electrons. The molecule has 190 valence electrons. The Labute approximate surface area is 223 Å². The molecule has 3 heterocycles. The first-order valence-corrected chi connectivity index (χ1v) is 12.9. The molecule has 0 saturated heterocycles. The number of hydrogen-bond acceptors (Lipinski definition) is 2. The fourth-order valence-electron chi connectivity index (χ4n) is 5.41. The lowest BCUT2D eigenvalue weighted by Gasteiger charge is -2.31. The first kappa shape index (κ1) is 23.8. The van der Waals surface area contributed by atoms with Crippen LogP contribution in [0.5, 0.6) is 0 Å². The molecular weight excluding hydrogens is 470 g/mol. The van der Waals surface area contributed by atoms with E-state index in [1.807, 2.05) is 59.8 Å². The molecule has 0 fully saturated rings. The van der Waals surface area contributed by atoms with Gasteiger partial charge < -0.3 is 14.8 Å².